The van der Waals surface area contributed by atoms with Gasteiger partial charge in [0.05, 0.1) is 0 Å². The summed E-state index contributed by atoms with van der Waals surface area (Å²) in [6.07, 6.45) is 0. The third-order valence-electron chi connectivity index (χ3n) is 4.08. The van der Waals surface area contributed by atoms with E-state index < -0.39 is 0 Å². The Morgan fingerprint density at radius 2 is 1.72 bits per heavy atom. The van der Waals surface area contributed by atoms with Gasteiger partial charge in [-0.1, -0.05) is 0 Å². The molecular weight excluding hydrogens is 321 g/mol. The molecule has 2 heterocycles. The number of benzene rings is 1. The van der Waals surface area contributed by atoms with E-state index in [2.05, 4.69) is 20.4 Å². The maximum Gasteiger partial charge on any atom is 0.274 e. The molecule has 3 rings (SSSR count). The number of halogens is 1. The second-order valence-corrected chi connectivity index (χ2v) is 6.36. The molecule has 25 heavy (non-hydrogen) atoms. The van der Waals surface area contributed by atoms with Crippen LogP contribution in [-0.4, -0.2) is 53.2 Å². The summed E-state index contributed by atoms with van der Waals surface area (Å²) in [6.45, 7) is 6.64. The Morgan fingerprint density at radius 1 is 1.04 bits per heavy atom. The third kappa shape index (κ3) is 4.23. The zero-order chi connectivity index (χ0) is 17.8. The monoisotopic (exact) mass is 343 g/mol. The molecular formula is C18H22FN5O. The molecule has 1 saturated heterocycles. The second kappa shape index (κ2) is 7.46. The zero-order valence-electron chi connectivity index (χ0n) is 14.4. The lowest BCUT2D eigenvalue weighted by Crippen LogP contribution is -2.49. The number of hydrogen-bond donors (Lipinski definition) is 1. The summed E-state index contributed by atoms with van der Waals surface area (Å²) < 4.78 is 13.0. The van der Waals surface area contributed by atoms with E-state index in [-0.39, 0.29) is 17.8 Å². The Bertz CT molecular complexity index is 709. The van der Waals surface area contributed by atoms with Gasteiger partial charge in [-0.2, -0.15) is 0 Å². The molecule has 132 valence electrons. The van der Waals surface area contributed by atoms with E-state index in [0.717, 1.165) is 5.69 Å². The molecule has 0 spiro atoms. The number of rotatable bonds is 4. The molecule has 0 aliphatic carbocycles. The fourth-order valence-corrected chi connectivity index (χ4v) is 2.80. The lowest BCUT2D eigenvalue weighted by molar-refractivity contribution is 0.0739. The summed E-state index contributed by atoms with van der Waals surface area (Å²) in [5.74, 6) is 0.307. The summed E-state index contributed by atoms with van der Waals surface area (Å²) in [4.78, 5) is 16.5. The summed E-state index contributed by atoms with van der Waals surface area (Å²) in [5.41, 5.74) is 1.32. The fourth-order valence-electron chi connectivity index (χ4n) is 2.80. The number of amides is 1. The molecule has 1 aromatic carbocycles. The highest BCUT2D eigenvalue weighted by Crippen LogP contribution is 2.17. The third-order valence-corrected chi connectivity index (χ3v) is 4.08. The van der Waals surface area contributed by atoms with Crippen LogP contribution in [0.2, 0.25) is 0 Å². The van der Waals surface area contributed by atoms with Gasteiger partial charge in [0.1, 0.15) is 11.6 Å². The minimum Gasteiger partial charge on any atom is -0.368 e. The molecule has 7 heteroatoms. The van der Waals surface area contributed by atoms with Crippen molar-refractivity contribution in [3.05, 3.63) is 47.9 Å². The van der Waals surface area contributed by atoms with Crippen LogP contribution >= 0.6 is 0 Å². The van der Waals surface area contributed by atoms with Crippen LogP contribution in [0.5, 0.6) is 0 Å². The van der Waals surface area contributed by atoms with Crippen LogP contribution in [0.3, 0.4) is 0 Å². The lowest BCUT2D eigenvalue weighted by Gasteiger charge is -2.35. The first-order valence-electron chi connectivity index (χ1n) is 8.43. The number of hydrogen-bond acceptors (Lipinski definition) is 5. The minimum atomic E-state index is -0.244. The first kappa shape index (κ1) is 17.1. The molecule has 1 N–H and O–H groups in total. The normalized spacial score (nSPS) is 14.7. The number of nitrogens with zero attached hydrogens (tertiary/aromatic N) is 4. The summed E-state index contributed by atoms with van der Waals surface area (Å²) in [5, 5.41) is 11.2. The van der Waals surface area contributed by atoms with Crippen molar-refractivity contribution in [3.8, 4) is 0 Å². The number of carbonyl (C=O) groups excluding carboxylic acids is 1. The topological polar surface area (TPSA) is 61.4 Å². The van der Waals surface area contributed by atoms with E-state index >= 15 is 0 Å². The van der Waals surface area contributed by atoms with Gasteiger partial charge in [0.25, 0.3) is 5.91 Å². The van der Waals surface area contributed by atoms with Gasteiger partial charge in [0.2, 0.25) is 0 Å². The first-order chi connectivity index (χ1) is 12.0. The Kier molecular flexibility index (Phi) is 5.11. The van der Waals surface area contributed by atoms with E-state index in [0.29, 0.717) is 37.7 Å². The highest BCUT2D eigenvalue weighted by atomic mass is 19.1. The maximum absolute atomic E-state index is 13.0. The molecule has 0 atom stereocenters. The number of aromatic nitrogens is 2. The second-order valence-electron chi connectivity index (χ2n) is 6.36. The van der Waals surface area contributed by atoms with E-state index in [1.807, 2.05) is 13.8 Å². The largest absolute Gasteiger partial charge is 0.368 e. The number of anilines is 2. The maximum atomic E-state index is 13.0. The van der Waals surface area contributed by atoms with Crippen molar-refractivity contribution in [1.82, 2.24) is 15.1 Å². The van der Waals surface area contributed by atoms with Crippen molar-refractivity contribution >= 4 is 17.4 Å². The Balaban J connectivity index is 1.58. The van der Waals surface area contributed by atoms with Gasteiger partial charge in [-0.3, -0.25) is 4.79 Å². The molecule has 6 nitrogen and oxygen atoms in total. The highest BCUT2D eigenvalue weighted by molar-refractivity contribution is 5.92. The van der Waals surface area contributed by atoms with Crippen LogP contribution in [0.15, 0.2) is 36.4 Å². The predicted octanol–water partition coefficient (Wildman–Crippen LogP) is 2.40. The predicted molar refractivity (Wildman–Crippen MR) is 95.3 cm³/mol. The van der Waals surface area contributed by atoms with Crippen LogP contribution in [0.4, 0.5) is 15.9 Å². The van der Waals surface area contributed by atoms with Gasteiger partial charge < -0.3 is 15.1 Å². The highest BCUT2D eigenvalue weighted by Gasteiger charge is 2.23. The zero-order valence-corrected chi connectivity index (χ0v) is 14.4. The van der Waals surface area contributed by atoms with Crippen molar-refractivity contribution in [1.29, 1.82) is 0 Å². The lowest BCUT2D eigenvalue weighted by atomic mass is 10.2. The van der Waals surface area contributed by atoms with Crippen LogP contribution in [0.1, 0.15) is 24.3 Å². The Labute approximate surface area is 146 Å². The number of nitrogens with one attached hydrogen (secondary N) is 1. The van der Waals surface area contributed by atoms with Crippen molar-refractivity contribution in [2.24, 2.45) is 0 Å². The van der Waals surface area contributed by atoms with Gasteiger partial charge >= 0.3 is 0 Å². The van der Waals surface area contributed by atoms with Crippen molar-refractivity contribution in [3.63, 3.8) is 0 Å². The van der Waals surface area contributed by atoms with E-state index in [4.69, 9.17) is 0 Å². The summed E-state index contributed by atoms with van der Waals surface area (Å²) in [7, 11) is 0. The molecule has 1 aromatic heterocycles. The van der Waals surface area contributed by atoms with Crippen LogP contribution in [0, 0.1) is 5.82 Å². The molecule has 1 amide bonds. The van der Waals surface area contributed by atoms with Crippen LogP contribution in [-0.2, 0) is 0 Å². The average molecular weight is 343 g/mol. The quantitative estimate of drug-likeness (QED) is 0.924. The molecule has 0 unspecified atom stereocenters. The van der Waals surface area contributed by atoms with E-state index in [1.165, 1.54) is 12.1 Å². The van der Waals surface area contributed by atoms with Crippen LogP contribution in [0.25, 0.3) is 0 Å². The van der Waals surface area contributed by atoms with Crippen molar-refractivity contribution < 1.29 is 9.18 Å². The fraction of sp³-hybridized carbons (Fsp3) is 0.389. The SMILES string of the molecule is CC(C)Nc1ccc(C(=O)N2CCN(c3ccc(F)cc3)CC2)nn1. The molecule has 0 radical (unpaired) electrons. The molecule has 0 saturated carbocycles. The van der Waals surface area contributed by atoms with Crippen LogP contribution < -0.4 is 10.2 Å². The molecule has 1 fully saturated rings. The Morgan fingerprint density at radius 3 is 2.28 bits per heavy atom. The number of piperazine rings is 1. The van der Waals surface area contributed by atoms with Gasteiger partial charge in [-0.15, -0.1) is 10.2 Å². The van der Waals surface area contributed by atoms with E-state index in [1.54, 1.807) is 29.2 Å². The summed E-state index contributed by atoms with van der Waals surface area (Å²) in [6, 6.07) is 10.2. The average Bonchev–Trinajstić information content (AvgIpc) is 2.62. The molecule has 0 bridgehead atoms. The molecule has 2 aromatic rings. The summed E-state index contributed by atoms with van der Waals surface area (Å²) >= 11 is 0. The minimum absolute atomic E-state index is 0.109. The van der Waals surface area contributed by atoms with Gasteiger partial charge in [-0.05, 0) is 50.2 Å². The van der Waals surface area contributed by atoms with Gasteiger partial charge in [0.15, 0.2) is 5.69 Å². The number of carbonyl (C=O) groups is 1. The van der Waals surface area contributed by atoms with Gasteiger partial charge in [0, 0.05) is 37.9 Å². The molecule has 1 aliphatic heterocycles. The Hall–Kier alpha value is -2.70. The standard InChI is InChI=1S/C18H22FN5O/c1-13(2)20-17-8-7-16(21-22-17)18(25)24-11-9-23(10-12-24)15-5-3-14(19)4-6-15/h3-8,13H,9-12H2,1-2H3,(H,20,22). The molecule has 1 aliphatic rings. The van der Waals surface area contributed by atoms with Crippen molar-refractivity contribution in [2.45, 2.75) is 19.9 Å². The smallest absolute Gasteiger partial charge is 0.274 e. The first-order valence-corrected chi connectivity index (χ1v) is 8.43. The van der Waals surface area contributed by atoms with Crippen molar-refractivity contribution in [2.75, 3.05) is 36.4 Å². The van der Waals surface area contributed by atoms with E-state index in [9.17, 15) is 9.18 Å². The van der Waals surface area contributed by atoms with Gasteiger partial charge in [-0.25, -0.2) is 4.39 Å².